The number of aliphatic hydroxyl groups excluding tert-OH is 1. The van der Waals surface area contributed by atoms with Crippen molar-refractivity contribution < 1.29 is 36.6 Å². The number of aliphatic hydroxyl groups is 1. The van der Waals surface area contributed by atoms with E-state index < -0.39 is 36.6 Å². The fourth-order valence-electron chi connectivity index (χ4n) is 4.71. The van der Waals surface area contributed by atoms with Gasteiger partial charge >= 0.3 is 12.8 Å². The third-order valence-electron chi connectivity index (χ3n) is 7.08. The molecule has 0 aliphatic heterocycles. The number of hydrogen-bond acceptors (Lipinski definition) is 4. The lowest BCUT2D eigenvalue weighted by molar-refractivity contribution is -0.211. The molecular formula is C26H33ClF5N3O3. The van der Waals surface area contributed by atoms with Crippen molar-refractivity contribution in [3.05, 3.63) is 34.5 Å². The summed E-state index contributed by atoms with van der Waals surface area (Å²) in [5.74, 6) is -0.668. The number of halogens is 6. The predicted molar refractivity (Wildman–Crippen MR) is 133 cm³/mol. The average Bonchev–Trinajstić information content (AvgIpc) is 3.13. The summed E-state index contributed by atoms with van der Waals surface area (Å²) in [6.07, 6.45) is -3.15. The van der Waals surface area contributed by atoms with Gasteiger partial charge in [-0.3, -0.25) is 9.48 Å². The first-order valence-electron chi connectivity index (χ1n) is 12.5. The molecule has 1 aromatic carbocycles. The number of ether oxygens (including phenoxy) is 1. The van der Waals surface area contributed by atoms with E-state index in [0.717, 1.165) is 32.8 Å². The van der Waals surface area contributed by atoms with Gasteiger partial charge < -0.3 is 15.2 Å². The van der Waals surface area contributed by atoms with Crippen LogP contribution in [0.25, 0.3) is 11.3 Å². The van der Waals surface area contributed by atoms with Crippen LogP contribution in [0.3, 0.4) is 0 Å². The third-order valence-corrected chi connectivity index (χ3v) is 7.44. The van der Waals surface area contributed by atoms with Crippen LogP contribution >= 0.6 is 11.6 Å². The monoisotopic (exact) mass is 565 g/mol. The second-order valence-electron chi connectivity index (χ2n) is 10.6. The molecule has 1 heterocycles. The zero-order chi connectivity index (χ0) is 28.4. The van der Waals surface area contributed by atoms with Gasteiger partial charge in [0.1, 0.15) is 5.75 Å². The van der Waals surface area contributed by atoms with E-state index in [1.165, 1.54) is 16.8 Å². The Labute approximate surface area is 223 Å². The minimum atomic E-state index is -4.51. The molecule has 6 nitrogen and oxygen atoms in total. The predicted octanol–water partition coefficient (Wildman–Crippen LogP) is 6.48. The summed E-state index contributed by atoms with van der Waals surface area (Å²) < 4.78 is 72.8. The number of nitrogens with one attached hydrogen (secondary N) is 1. The number of aromatic nitrogens is 2. The van der Waals surface area contributed by atoms with Crippen molar-refractivity contribution in [1.82, 2.24) is 15.1 Å². The Morgan fingerprint density at radius 2 is 1.97 bits per heavy atom. The van der Waals surface area contributed by atoms with Crippen LogP contribution in [0.15, 0.2) is 18.2 Å². The highest BCUT2D eigenvalue weighted by molar-refractivity contribution is 6.36. The number of hydrogen-bond donors (Lipinski definition) is 2. The Bertz CT molecular complexity index is 1140. The highest BCUT2D eigenvalue weighted by Crippen LogP contribution is 2.43. The summed E-state index contributed by atoms with van der Waals surface area (Å²) in [6.45, 7) is 3.02. The molecule has 3 rings (SSSR count). The Kier molecular flexibility index (Phi) is 9.34. The average molecular weight is 566 g/mol. The number of alkyl halides is 5. The fourth-order valence-corrected chi connectivity index (χ4v) is 5.03. The number of benzene rings is 1. The molecule has 212 valence electrons. The molecule has 1 aromatic heterocycles. The van der Waals surface area contributed by atoms with Crippen LogP contribution in [-0.2, 0) is 13.0 Å². The maximum Gasteiger partial charge on any atom is 0.394 e. The van der Waals surface area contributed by atoms with E-state index >= 15 is 0 Å². The zero-order valence-electron chi connectivity index (χ0n) is 21.7. The van der Waals surface area contributed by atoms with Crippen molar-refractivity contribution in [1.29, 1.82) is 0 Å². The Hall–Kier alpha value is -2.40. The molecule has 0 spiro atoms. The summed E-state index contributed by atoms with van der Waals surface area (Å²) in [5.41, 5.74) is -1.90. The van der Waals surface area contributed by atoms with E-state index in [4.69, 9.17) is 11.6 Å². The summed E-state index contributed by atoms with van der Waals surface area (Å²) >= 11 is 6.54. The molecule has 38 heavy (non-hydrogen) atoms. The highest BCUT2D eigenvalue weighted by atomic mass is 35.5. The first-order chi connectivity index (χ1) is 17.6. The molecule has 0 unspecified atom stereocenters. The molecular weight excluding hydrogens is 533 g/mol. The largest absolute Gasteiger partial charge is 0.434 e. The van der Waals surface area contributed by atoms with E-state index in [1.807, 2.05) is 0 Å². The Morgan fingerprint density at radius 3 is 2.55 bits per heavy atom. The molecule has 3 atom stereocenters. The quantitative estimate of drug-likeness (QED) is 0.341. The molecule has 1 amide bonds. The van der Waals surface area contributed by atoms with Crippen molar-refractivity contribution in [3.8, 4) is 17.0 Å². The van der Waals surface area contributed by atoms with Crippen molar-refractivity contribution in [2.45, 2.75) is 78.8 Å². The van der Waals surface area contributed by atoms with Gasteiger partial charge in [0.2, 0.25) is 0 Å². The summed E-state index contributed by atoms with van der Waals surface area (Å²) in [7, 11) is 0. The zero-order valence-corrected chi connectivity index (χ0v) is 22.5. The molecule has 1 aliphatic carbocycles. The summed E-state index contributed by atoms with van der Waals surface area (Å²) in [4.78, 5) is 12.9. The lowest BCUT2D eigenvalue weighted by atomic mass is 9.81. The van der Waals surface area contributed by atoms with Crippen molar-refractivity contribution in [2.24, 2.45) is 17.3 Å². The van der Waals surface area contributed by atoms with Gasteiger partial charge in [0.15, 0.2) is 5.69 Å². The normalized spacial score (nSPS) is 20.6. The highest BCUT2D eigenvalue weighted by Gasteiger charge is 2.47. The van der Waals surface area contributed by atoms with Gasteiger partial charge in [-0.2, -0.15) is 27.1 Å². The van der Waals surface area contributed by atoms with E-state index in [1.54, 1.807) is 6.92 Å². The molecule has 0 bridgehead atoms. The van der Waals surface area contributed by atoms with Crippen LogP contribution < -0.4 is 10.1 Å². The lowest BCUT2D eigenvalue weighted by Crippen LogP contribution is -2.38. The van der Waals surface area contributed by atoms with E-state index in [2.05, 4.69) is 22.1 Å². The molecule has 2 N–H and O–H groups in total. The Morgan fingerprint density at radius 1 is 1.29 bits per heavy atom. The smallest absolute Gasteiger partial charge is 0.394 e. The molecule has 0 radical (unpaired) electrons. The van der Waals surface area contributed by atoms with Crippen LogP contribution in [-0.4, -0.2) is 46.2 Å². The minimum absolute atomic E-state index is 0.0638. The van der Waals surface area contributed by atoms with Gasteiger partial charge in [0, 0.05) is 24.6 Å². The van der Waals surface area contributed by atoms with Gasteiger partial charge in [0.05, 0.1) is 22.2 Å². The molecule has 2 aromatic rings. The first kappa shape index (κ1) is 30.1. The topological polar surface area (TPSA) is 76.4 Å². The summed E-state index contributed by atoms with van der Waals surface area (Å²) in [6, 6.07) is 3.86. The standard InChI is InChI=1S/C26H33ClF5N3O3/c1-5-35-22(20(27)21(34-35)23(37)33-13-16-8-6-14(2)10-18(16)36)17-9-7-15(11-19(17)38-24(28)29)12-25(3,4)26(30,31)32/h7,9,11,14,16,18,24,36H,5-6,8,10,12-13H2,1-4H3,(H,33,37)/t14-,16-,18+/m0/s1. The third kappa shape index (κ3) is 6.77. The van der Waals surface area contributed by atoms with Gasteiger partial charge in [-0.25, -0.2) is 0 Å². The van der Waals surface area contributed by atoms with Crippen LogP contribution in [0, 0.1) is 17.3 Å². The van der Waals surface area contributed by atoms with Crippen molar-refractivity contribution >= 4 is 17.5 Å². The van der Waals surface area contributed by atoms with Gasteiger partial charge in [-0.15, -0.1) is 0 Å². The number of rotatable bonds is 9. The van der Waals surface area contributed by atoms with Crippen LogP contribution in [0.4, 0.5) is 22.0 Å². The molecule has 1 aliphatic rings. The van der Waals surface area contributed by atoms with Crippen molar-refractivity contribution in [2.75, 3.05) is 6.54 Å². The number of amides is 1. The number of aryl methyl sites for hydroxylation is 1. The van der Waals surface area contributed by atoms with Crippen LogP contribution in [0.2, 0.25) is 5.02 Å². The second kappa shape index (κ2) is 11.8. The SMILES string of the molecule is CCn1nc(C(=O)NC[C@@H]2CC[C@H](C)C[C@H]2O)c(Cl)c1-c1ccc(CC(C)(C)C(F)(F)F)cc1OC(F)F. The fraction of sp³-hybridized carbons (Fsp3) is 0.615. The molecule has 1 fully saturated rings. The molecule has 0 saturated heterocycles. The lowest BCUT2D eigenvalue weighted by Gasteiger charge is -2.31. The van der Waals surface area contributed by atoms with Gasteiger partial charge in [0.25, 0.3) is 5.91 Å². The molecule has 12 heteroatoms. The maximum atomic E-state index is 13.4. The van der Waals surface area contributed by atoms with Crippen LogP contribution in [0.1, 0.15) is 63.0 Å². The maximum absolute atomic E-state index is 13.4. The molecule has 1 saturated carbocycles. The minimum Gasteiger partial charge on any atom is -0.434 e. The number of carbonyl (C=O) groups is 1. The van der Waals surface area contributed by atoms with E-state index in [9.17, 15) is 31.9 Å². The van der Waals surface area contributed by atoms with E-state index in [0.29, 0.717) is 12.3 Å². The second-order valence-corrected chi connectivity index (χ2v) is 10.9. The van der Waals surface area contributed by atoms with Crippen LogP contribution in [0.5, 0.6) is 5.75 Å². The number of nitrogens with zero attached hydrogens (tertiary/aromatic N) is 2. The van der Waals surface area contributed by atoms with Gasteiger partial charge in [-0.05, 0) is 49.8 Å². The number of carbonyl (C=O) groups excluding carboxylic acids is 1. The first-order valence-corrected chi connectivity index (χ1v) is 12.9. The van der Waals surface area contributed by atoms with Gasteiger partial charge in [-0.1, -0.05) is 44.9 Å². The Balaban J connectivity index is 1.92. The van der Waals surface area contributed by atoms with Crippen molar-refractivity contribution in [3.63, 3.8) is 0 Å². The summed E-state index contributed by atoms with van der Waals surface area (Å²) in [5, 5.41) is 17.2. The van der Waals surface area contributed by atoms with E-state index in [-0.39, 0.29) is 52.3 Å².